The first-order valence-electron chi connectivity index (χ1n) is 10.5. The lowest BCUT2D eigenvalue weighted by Crippen LogP contribution is -2.30. The Morgan fingerprint density at radius 1 is 0.938 bits per heavy atom. The topological polar surface area (TPSA) is 33.1 Å². The van der Waals surface area contributed by atoms with Gasteiger partial charge in [-0.15, -0.1) is 0 Å². The average molecular weight is 443 g/mol. The van der Waals surface area contributed by atoms with Gasteiger partial charge in [-0.2, -0.15) is 0 Å². The highest BCUT2D eigenvalue weighted by Crippen LogP contribution is 2.42. The molecule has 5 rings (SSSR count). The molecule has 160 valence electrons. The molecule has 0 aliphatic carbocycles. The molecule has 0 radical (unpaired) electrons. The highest BCUT2D eigenvalue weighted by atomic mass is 32.1. The Labute approximate surface area is 192 Å². The van der Waals surface area contributed by atoms with Gasteiger partial charge in [-0.1, -0.05) is 24.3 Å². The quantitative estimate of drug-likeness (QED) is 0.405. The van der Waals surface area contributed by atoms with Crippen LogP contribution in [0.1, 0.15) is 34.6 Å². The second-order valence-electron chi connectivity index (χ2n) is 8.10. The van der Waals surface area contributed by atoms with Gasteiger partial charge < -0.3 is 14.8 Å². The monoisotopic (exact) mass is 442 g/mol. The molecular formula is C26H23FN4S. The summed E-state index contributed by atoms with van der Waals surface area (Å²) in [5.41, 5.74) is 5.64. The van der Waals surface area contributed by atoms with E-state index in [2.05, 4.69) is 47.2 Å². The lowest BCUT2D eigenvalue weighted by Gasteiger charge is -2.29. The SMILES string of the molecule is Cc1cc(C)cc(N2C(=S)N[C@H](c3ccccn3)[C@@H]2c2cccn2-c2ccccc2F)c1. The number of benzene rings is 2. The summed E-state index contributed by atoms with van der Waals surface area (Å²) in [5, 5.41) is 4.10. The first kappa shape index (κ1) is 20.4. The van der Waals surface area contributed by atoms with Gasteiger partial charge in [-0.05, 0) is 85.7 Å². The number of pyridine rings is 1. The van der Waals surface area contributed by atoms with E-state index in [9.17, 15) is 4.39 Å². The maximum Gasteiger partial charge on any atom is 0.174 e. The van der Waals surface area contributed by atoms with E-state index in [0.29, 0.717) is 10.8 Å². The second-order valence-corrected chi connectivity index (χ2v) is 8.48. The van der Waals surface area contributed by atoms with Gasteiger partial charge in [0.1, 0.15) is 11.9 Å². The minimum atomic E-state index is -0.272. The highest BCUT2D eigenvalue weighted by molar-refractivity contribution is 7.80. The van der Waals surface area contributed by atoms with Crippen molar-refractivity contribution >= 4 is 23.0 Å². The number of aryl methyl sites for hydroxylation is 2. The molecule has 1 aliphatic rings. The Bertz CT molecular complexity index is 1260. The Morgan fingerprint density at radius 3 is 2.41 bits per heavy atom. The van der Waals surface area contributed by atoms with Crippen LogP contribution in [0.5, 0.6) is 0 Å². The molecule has 2 aromatic heterocycles. The van der Waals surface area contributed by atoms with Gasteiger partial charge >= 0.3 is 0 Å². The average Bonchev–Trinajstić information content (AvgIpc) is 3.38. The Morgan fingerprint density at radius 2 is 1.69 bits per heavy atom. The van der Waals surface area contributed by atoms with Crippen molar-refractivity contribution in [3.05, 3.63) is 114 Å². The summed E-state index contributed by atoms with van der Waals surface area (Å²) in [6.45, 7) is 4.16. The van der Waals surface area contributed by atoms with E-state index in [-0.39, 0.29) is 17.9 Å². The molecule has 2 aromatic carbocycles. The van der Waals surface area contributed by atoms with Crippen molar-refractivity contribution in [3.63, 3.8) is 0 Å². The van der Waals surface area contributed by atoms with Crippen LogP contribution in [0.3, 0.4) is 0 Å². The molecule has 0 spiro atoms. The van der Waals surface area contributed by atoms with Crippen LogP contribution in [0, 0.1) is 19.7 Å². The van der Waals surface area contributed by atoms with E-state index < -0.39 is 0 Å². The number of hydrogen-bond acceptors (Lipinski definition) is 2. The number of anilines is 1. The summed E-state index contributed by atoms with van der Waals surface area (Å²) in [6, 6.07) is 22.6. The zero-order chi connectivity index (χ0) is 22.2. The second kappa shape index (κ2) is 8.20. The van der Waals surface area contributed by atoms with Crippen LogP contribution < -0.4 is 10.2 Å². The van der Waals surface area contributed by atoms with Gasteiger partial charge in [-0.3, -0.25) is 4.98 Å². The third kappa shape index (κ3) is 3.56. The molecular weight excluding hydrogens is 419 g/mol. The number of thiocarbonyl (C=S) groups is 1. The molecule has 0 saturated carbocycles. The summed E-state index contributed by atoms with van der Waals surface area (Å²) >= 11 is 5.83. The zero-order valence-electron chi connectivity index (χ0n) is 17.9. The first-order valence-corrected chi connectivity index (χ1v) is 10.9. The van der Waals surface area contributed by atoms with E-state index >= 15 is 0 Å². The van der Waals surface area contributed by atoms with E-state index in [4.69, 9.17) is 12.2 Å². The molecule has 1 fully saturated rings. The van der Waals surface area contributed by atoms with E-state index in [1.807, 2.05) is 47.2 Å². The van der Waals surface area contributed by atoms with Crippen molar-refractivity contribution in [1.29, 1.82) is 0 Å². The Balaban J connectivity index is 1.70. The molecule has 1 N–H and O–H groups in total. The molecule has 0 unspecified atom stereocenters. The summed E-state index contributed by atoms with van der Waals surface area (Å²) < 4.78 is 16.7. The fourth-order valence-corrected chi connectivity index (χ4v) is 4.87. The molecule has 32 heavy (non-hydrogen) atoms. The number of halogens is 1. The van der Waals surface area contributed by atoms with Crippen molar-refractivity contribution in [2.24, 2.45) is 0 Å². The molecule has 6 heteroatoms. The fourth-order valence-electron chi connectivity index (χ4n) is 4.52. The molecule has 0 bridgehead atoms. The fraction of sp³-hybridized carbons (Fsp3) is 0.154. The van der Waals surface area contributed by atoms with Gasteiger partial charge in [0.25, 0.3) is 0 Å². The number of aromatic nitrogens is 2. The predicted molar refractivity (Wildman–Crippen MR) is 130 cm³/mol. The van der Waals surface area contributed by atoms with Crippen molar-refractivity contribution in [2.45, 2.75) is 25.9 Å². The highest BCUT2D eigenvalue weighted by Gasteiger charge is 2.42. The molecule has 0 amide bonds. The van der Waals surface area contributed by atoms with Crippen LogP contribution >= 0.6 is 12.2 Å². The molecule has 1 aliphatic heterocycles. The molecule has 1 saturated heterocycles. The lowest BCUT2D eigenvalue weighted by molar-refractivity contribution is 0.544. The third-order valence-electron chi connectivity index (χ3n) is 5.78. The summed E-state index contributed by atoms with van der Waals surface area (Å²) in [7, 11) is 0. The van der Waals surface area contributed by atoms with Crippen LogP contribution in [0.2, 0.25) is 0 Å². The smallest absolute Gasteiger partial charge is 0.174 e. The van der Waals surface area contributed by atoms with Gasteiger partial charge in [0.2, 0.25) is 0 Å². The van der Waals surface area contributed by atoms with Gasteiger partial charge in [0.15, 0.2) is 5.11 Å². The van der Waals surface area contributed by atoms with Gasteiger partial charge in [-0.25, -0.2) is 4.39 Å². The van der Waals surface area contributed by atoms with Gasteiger partial charge in [0, 0.05) is 23.8 Å². The Hall–Kier alpha value is -3.51. The molecule has 2 atom stereocenters. The number of nitrogens with zero attached hydrogens (tertiary/aromatic N) is 3. The van der Waals surface area contributed by atoms with Gasteiger partial charge in [0.05, 0.1) is 17.4 Å². The maximum atomic E-state index is 14.8. The summed E-state index contributed by atoms with van der Waals surface area (Å²) in [6.07, 6.45) is 3.68. The van der Waals surface area contributed by atoms with Crippen molar-refractivity contribution in [3.8, 4) is 5.69 Å². The minimum absolute atomic E-state index is 0.190. The van der Waals surface area contributed by atoms with Crippen LogP contribution in [-0.2, 0) is 0 Å². The number of nitrogens with one attached hydrogen (secondary N) is 1. The molecule has 3 heterocycles. The summed E-state index contributed by atoms with van der Waals surface area (Å²) in [5.74, 6) is -0.272. The summed E-state index contributed by atoms with van der Waals surface area (Å²) in [4.78, 5) is 6.73. The lowest BCUT2D eigenvalue weighted by atomic mass is 10.00. The molecule has 4 nitrogen and oxygen atoms in total. The van der Waals surface area contributed by atoms with E-state index in [1.54, 1.807) is 18.3 Å². The minimum Gasteiger partial charge on any atom is -0.351 e. The van der Waals surface area contributed by atoms with Crippen LogP contribution in [-0.4, -0.2) is 14.7 Å². The third-order valence-corrected chi connectivity index (χ3v) is 6.09. The zero-order valence-corrected chi connectivity index (χ0v) is 18.7. The van der Waals surface area contributed by atoms with E-state index in [0.717, 1.165) is 28.2 Å². The largest absolute Gasteiger partial charge is 0.351 e. The maximum absolute atomic E-state index is 14.8. The van der Waals surface area contributed by atoms with Crippen molar-refractivity contribution < 1.29 is 4.39 Å². The standard InChI is InChI=1S/C26H23FN4S/c1-17-14-18(2)16-19(15-17)31-25(24(29-26(31)32)21-9-5-6-12-28-21)23-11-7-13-30(23)22-10-4-3-8-20(22)27/h3-16,24-25H,1-2H3,(H,29,32)/t24-,25+/m1/s1. The van der Waals surface area contributed by atoms with E-state index in [1.165, 1.54) is 6.07 Å². The number of rotatable bonds is 4. The first-order chi connectivity index (χ1) is 15.5. The number of para-hydroxylation sites is 1. The predicted octanol–water partition coefficient (Wildman–Crippen LogP) is 5.81. The van der Waals surface area contributed by atoms with Crippen molar-refractivity contribution in [2.75, 3.05) is 4.90 Å². The van der Waals surface area contributed by atoms with Crippen LogP contribution in [0.25, 0.3) is 5.69 Å². The van der Waals surface area contributed by atoms with Crippen LogP contribution in [0.15, 0.2) is 85.2 Å². The molecule has 4 aromatic rings. The van der Waals surface area contributed by atoms with Crippen molar-refractivity contribution in [1.82, 2.24) is 14.9 Å². The Kier molecular flexibility index (Phi) is 5.23. The normalized spacial score (nSPS) is 18.1. The number of hydrogen-bond donors (Lipinski definition) is 1. The van der Waals surface area contributed by atoms with Crippen LogP contribution in [0.4, 0.5) is 10.1 Å².